The molecule has 4 fully saturated rings. The van der Waals surface area contributed by atoms with Crippen LogP contribution >= 0.6 is 21.6 Å². The number of rotatable bonds is 10. The number of fused-ring (bicyclic) bond motifs is 16. The summed E-state index contributed by atoms with van der Waals surface area (Å²) in [5.74, 6) is 15.1. The Morgan fingerprint density at radius 2 is 1.80 bits per heavy atom. The number of nitrogens with one attached hydrogen (secondary N) is 3. The molecule has 0 radical (unpaired) electrons. The van der Waals surface area contributed by atoms with Crippen molar-refractivity contribution in [1.29, 1.82) is 0 Å². The standard InChI is InChI=1S/C83H94N4O11S2/c1-4-50-35-62-66(87-81(50)84)25-21-51-19-20-52-30-48-14-10-16-56(31-48)83(28-9-8-18-70(83)92)74(62)53-27-29-82(37-53)38-54-34-58(91)36-68(96-45-89)71(54)60-23-22-59-65(43-95-46(2)90)77(97-78(59)75(60)82)73-61-24-26-67-80(98-79(61)76(93)63(72(51)73)40-85-39-55(41-88)64(52)42-94-3)69(33-47-12-6-5-7-13-47)100-99-44-49-15-11-17-57(32-49)86-67/h5-7,10,12-14,16,22-24,26,31,34-36,49,51-53,55,57,64-65,67,69-70,74,77,80-81,85-89,91-93H,4,8-9,11,15,17-18,27-30,32-33,37-45,84H2,1-3H3. The van der Waals surface area contributed by atoms with E-state index in [1.165, 1.54) is 18.9 Å². The minimum Gasteiger partial charge on any atom is -0.508 e. The number of benzene rings is 5. The predicted molar refractivity (Wildman–Crippen MR) is 391 cm³/mol. The number of carbonyl (C=O) groups excluding carboxylic acids is 1. The summed E-state index contributed by atoms with van der Waals surface area (Å²) in [6, 6.07) is 27.2. The molecule has 1 saturated heterocycles. The molecular formula is C83H94N4O11S2. The van der Waals surface area contributed by atoms with Crippen LogP contribution in [0.25, 0.3) is 17.2 Å². The van der Waals surface area contributed by atoms with E-state index in [2.05, 4.69) is 132 Å². The molecule has 11 bridgehead atoms. The molecule has 0 aromatic heterocycles. The minimum absolute atomic E-state index is 0.0300. The lowest BCUT2D eigenvalue weighted by atomic mass is 9.53. The highest BCUT2D eigenvalue weighted by molar-refractivity contribution is 8.77. The Morgan fingerprint density at radius 3 is 2.62 bits per heavy atom. The van der Waals surface area contributed by atoms with Crippen LogP contribution in [0.4, 0.5) is 0 Å². The van der Waals surface area contributed by atoms with Gasteiger partial charge in [0.05, 0.1) is 41.8 Å². The summed E-state index contributed by atoms with van der Waals surface area (Å²) in [5, 5.41) is 73.7. The Bertz CT molecular complexity index is 4230. The molecule has 524 valence electrons. The summed E-state index contributed by atoms with van der Waals surface area (Å²) in [7, 11) is 5.53. The summed E-state index contributed by atoms with van der Waals surface area (Å²) in [4.78, 5) is 13.7. The van der Waals surface area contributed by atoms with Gasteiger partial charge >= 0.3 is 5.97 Å². The second-order valence-electron chi connectivity index (χ2n) is 30.4. The fourth-order valence-electron chi connectivity index (χ4n) is 20.3. The van der Waals surface area contributed by atoms with Crippen LogP contribution in [-0.2, 0) is 50.9 Å². The van der Waals surface area contributed by atoms with E-state index in [1.54, 1.807) is 13.2 Å². The smallest absolute Gasteiger partial charge is 0.302 e. The van der Waals surface area contributed by atoms with Crippen molar-refractivity contribution in [1.82, 2.24) is 16.0 Å². The summed E-state index contributed by atoms with van der Waals surface area (Å²) in [6.45, 7) is 3.51. The van der Waals surface area contributed by atoms with E-state index in [-0.39, 0.29) is 72.3 Å². The lowest BCUT2D eigenvalue weighted by molar-refractivity contribution is -0.141. The highest BCUT2D eigenvalue weighted by atomic mass is 33.1. The zero-order valence-electron chi connectivity index (χ0n) is 57.5. The molecule has 17 unspecified atom stereocenters. The van der Waals surface area contributed by atoms with E-state index in [9.17, 15) is 30.3 Å². The van der Waals surface area contributed by atoms with E-state index in [4.69, 9.17) is 29.4 Å². The number of aromatic hydroxyl groups is 2. The summed E-state index contributed by atoms with van der Waals surface area (Å²) in [6.07, 6.45) is 16.0. The maximum absolute atomic E-state index is 14.1. The SMILES string of the molecule is CCC1=CC2=C(C#CC3C#CC4Cc5cccc(c5)C5(CCCCC5O)C2C2CCC5(Cc6cc(O)cc(OCO)c6-c6ccc7c(c65)OC(c5c6c(c(O)c(c53)CNCC(CO)C4COC)OC3C(C=C6)NC4CCCC(CSSC3Cc3ccccc3)C4)C7COC(C)=O)C2)NC1N. The molecule has 0 amide bonds. The average Bonchev–Trinajstić information content (AvgIpc) is 1.48. The monoisotopic (exact) mass is 1390 g/mol. The van der Waals surface area contributed by atoms with Crippen molar-refractivity contribution >= 4 is 33.6 Å². The summed E-state index contributed by atoms with van der Waals surface area (Å²) in [5.41, 5.74) is 18.7. The van der Waals surface area contributed by atoms with Gasteiger partial charge in [0, 0.05) is 119 Å². The van der Waals surface area contributed by atoms with Crippen molar-refractivity contribution in [2.45, 2.75) is 181 Å². The number of aliphatic hydroxyl groups is 3. The minimum atomic E-state index is -0.960. The first-order chi connectivity index (χ1) is 48.8. The molecule has 17 heteroatoms. The third kappa shape index (κ3) is 12.0. The largest absolute Gasteiger partial charge is 0.508 e. The number of phenolic OH excluding ortho intramolecular Hbond substituents is 2. The zero-order chi connectivity index (χ0) is 68.6. The topological polar surface area (TPSA) is 226 Å². The van der Waals surface area contributed by atoms with Crippen molar-refractivity contribution in [2.75, 3.05) is 46.0 Å². The number of allylic oxidation sites excluding steroid dienone is 3. The number of ether oxygens (including phenoxy) is 5. The van der Waals surface area contributed by atoms with Crippen molar-refractivity contribution < 1.29 is 54.0 Å². The van der Waals surface area contributed by atoms with Gasteiger partial charge in [0.15, 0.2) is 18.3 Å². The van der Waals surface area contributed by atoms with Gasteiger partial charge in [0.25, 0.3) is 0 Å². The van der Waals surface area contributed by atoms with Crippen LogP contribution in [0.3, 0.4) is 0 Å². The third-order valence-corrected chi connectivity index (χ3v) is 27.8. The lowest BCUT2D eigenvalue weighted by Gasteiger charge is -2.52. The highest BCUT2D eigenvalue weighted by Crippen LogP contribution is 2.66. The van der Waals surface area contributed by atoms with Crippen molar-refractivity contribution in [3.8, 4) is 63.6 Å². The quantitative estimate of drug-likeness (QED) is 0.0274. The van der Waals surface area contributed by atoms with Crippen LogP contribution in [-0.4, -0.2) is 113 Å². The van der Waals surface area contributed by atoms with Crippen molar-refractivity contribution in [2.24, 2.45) is 41.2 Å². The Balaban J connectivity index is 1.04. The summed E-state index contributed by atoms with van der Waals surface area (Å²) >= 11 is 0. The molecule has 15 nitrogen and oxygen atoms in total. The van der Waals surface area contributed by atoms with Gasteiger partial charge in [-0.05, 0) is 145 Å². The molecule has 5 aliphatic carbocycles. The summed E-state index contributed by atoms with van der Waals surface area (Å²) < 4.78 is 34.8. The molecule has 5 aromatic carbocycles. The number of carbonyl (C=O) groups is 1. The molecule has 3 saturated carbocycles. The van der Waals surface area contributed by atoms with Gasteiger partial charge in [0.1, 0.15) is 42.0 Å². The first kappa shape index (κ1) is 67.6. The second kappa shape index (κ2) is 28.1. The van der Waals surface area contributed by atoms with E-state index >= 15 is 0 Å². The van der Waals surface area contributed by atoms with Gasteiger partial charge in [-0.2, -0.15) is 0 Å². The number of esters is 1. The van der Waals surface area contributed by atoms with Gasteiger partial charge in [-0.1, -0.05) is 150 Å². The Hall–Kier alpha value is -6.87. The van der Waals surface area contributed by atoms with E-state index in [0.29, 0.717) is 116 Å². The molecule has 2 spiro atoms. The predicted octanol–water partition coefficient (Wildman–Crippen LogP) is 12.0. The molecule has 11 aliphatic rings. The molecular weight excluding hydrogens is 1290 g/mol. The van der Waals surface area contributed by atoms with Crippen LogP contribution in [0.15, 0.2) is 108 Å². The van der Waals surface area contributed by atoms with Gasteiger partial charge in [-0.3, -0.25) is 4.79 Å². The molecule has 6 heterocycles. The first-order valence-electron chi connectivity index (χ1n) is 36.8. The van der Waals surface area contributed by atoms with Crippen molar-refractivity contribution in [3.63, 3.8) is 0 Å². The maximum atomic E-state index is 14.1. The Kier molecular flexibility index (Phi) is 19.0. The van der Waals surface area contributed by atoms with Crippen LogP contribution in [0.5, 0.6) is 28.7 Å². The molecule has 100 heavy (non-hydrogen) atoms. The number of hydrogen-bond acceptors (Lipinski definition) is 17. The van der Waals surface area contributed by atoms with Gasteiger partial charge in [-0.15, -0.1) is 0 Å². The number of nitrogens with two attached hydrogens (primary N) is 1. The van der Waals surface area contributed by atoms with Crippen LogP contribution in [0.2, 0.25) is 0 Å². The lowest BCUT2D eigenvalue weighted by Crippen LogP contribution is -2.53. The van der Waals surface area contributed by atoms with Gasteiger partial charge in [0.2, 0.25) is 0 Å². The Morgan fingerprint density at radius 1 is 0.920 bits per heavy atom. The number of phenols is 2. The average molecular weight is 1390 g/mol. The molecule has 17 atom stereocenters. The number of dihydropyridines is 1. The van der Waals surface area contributed by atoms with Gasteiger partial charge < -0.3 is 70.9 Å². The Labute approximate surface area is 595 Å². The van der Waals surface area contributed by atoms with E-state index in [1.807, 2.05) is 27.7 Å². The number of aliphatic hydroxyl groups excluding tert-OH is 3. The van der Waals surface area contributed by atoms with E-state index in [0.717, 1.165) is 94.4 Å². The zero-order valence-corrected chi connectivity index (χ0v) is 59.2. The normalized spacial score (nSPS) is 32.8. The van der Waals surface area contributed by atoms with Crippen molar-refractivity contribution in [3.05, 3.63) is 163 Å². The van der Waals surface area contributed by atoms with E-state index < -0.39 is 65.8 Å². The first-order valence-corrected chi connectivity index (χ1v) is 39.2. The number of hydrogen-bond donors (Lipinski definition) is 9. The number of methoxy groups -OCH3 is 1. The molecule has 10 N–H and O–H groups in total. The highest BCUT2D eigenvalue weighted by Gasteiger charge is 2.59. The fourth-order valence-corrected chi connectivity index (χ4v) is 23.6. The third-order valence-electron chi connectivity index (χ3n) is 24.8. The second-order valence-corrected chi connectivity index (χ2v) is 33.1. The fraction of sp³-hybridized carbons (Fsp3) is 0.506. The molecule has 16 rings (SSSR count). The maximum Gasteiger partial charge on any atom is 0.302 e. The van der Waals surface area contributed by atoms with Crippen LogP contribution in [0, 0.1) is 59.2 Å². The van der Waals surface area contributed by atoms with Crippen LogP contribution in [0.1, 0.15) is 164 Å². The van der Waals surface area contributed by atoms with Gasteiger partial charge in [-0.25, -0.2) is 0 Å². The molecule has 5 aromatic rings. The molecule has 6 aliphatic heterocycles. The van der Waals surface area contributed by atoms with Crippen LogP contribution < -0.4 is 35.9 Å².